The third kappa shape index (κ3) is 5.81. The number of nitro benzene ring substituents is 1. The van der Waals surface area contributed by atoms with Crippen molar-refractivity contribution in [3.63, 3.8) is 0 Å². The maximum Gasteiger partial charge on any atom is 0.289 e. The molecular weight excluding hydrogens is 439 g/mol. The van der Waals surface area contributed by atoms with Gasteiger partial charge in [0.05, 0.1) is 11.5 Å². The number of piperazine rings is 1. The number of rotatable bonds is 6. The highest BCUT2D eigenvalue weighted by molar-refractivity contribution is 6.36. The topological polar surface area (TPSA) is 78.7 Å². The number of amides is 1. The molecular formula is C19H19Cl3N4O3. The van der Waals surface area contributed by atoms with Gasteiger partial charge in [0.1, 0.15) is 5.02 Å². The number of hydrogen-bond donors (Lipinski definition) is 1. The van der Waals surface area contributed by atoms with Crippen LogP contribution < -0.4 is 5.32 Å². The number of carbonyl (C=O) groups excluding carboxylic acids is 1. The summed E-state index contributed by atoms with van der Waals surface area (Å²) >= 11 is 18.3. The Labute approximate surface area is 183 Å². The van der Waals surface area contributed by atoms with E-state index >= 15 is 0 Å². The van der Waals surface area contributed by atoms with Gasteiger partial charge in [0.25, 0.3) is 5.69 Å². The lowest BCUT2D eigenvalue weighted by Crippen LogP contribution is -2.48. The Bertz CT molecular complexity index is 897. The Kier molecular flexibility index (Phi) is 7.32. The van der Waals surface area contributed by atoms with Gasteiger partial charge >= 0.3 is 0 Å². The van der Waals surface area contributed by atoms with Gasteiger partial charge in [0.2, 0.25) is 5.91 Å². The van der Waals surface area contributed by atoms with E-state index in [9.17, 15) is 14.9 Å². The van der Waals surface area contributed by atoms with Crippen molar-refractivity contribution < 1.29 is 9.72 Å². The van der Waals surface area contributed by atoms with Gasteiger partial charge in [0.15, 0.2) is 0 Å². The molecule has 0 radical (unpaired) electrons. The van der Waals surface area contributed by atoms with Crippen LogP contribution in [-0.2, 0) is 11.3 Å². The number of anilines is 1. The summed E-state index contributed by atoms with van der Waals surface area (Å²) in [6, 6.07) is 9.66. The summed E-state index contributed by atoms with van der Waals surface area (Å²) in [6.45, 7) is 3.86. The van der Waals surface area contributed by atoms with Crippen LogP contribution in [0, 0.1) is 10.1 Å². The fraction of sp³-hybridized carbons (Fsp3) is 0.316. The molecule has 29 heavy (non-hydrogen) atoms. The van der Waals surface area contributed by atoms with Gasteiger partial charge in [-0.15, -0.1) is 0 Å². The zero-order valence-corrected chi connectivity index (χ0v) is 17.7. The molecule has 1 amide bonds. The van der Waals surface area contributed by atoms with Gasteiger partial charge in [-0.05, 0) is 24.3 Å². The number of nitrogens with one attached hydrogen (secondary N) is 1. The van der Waals surface area contributed by atoms with Gasteiger partial charge in [-0.3, -0.25) is 24.7 Å². The molecule has 1 saturated heterocycles. The SMILES string of the molecule is O=C(CN1CCN(Cc2c(Cl)cccc2Cl)CC1)Nc1ccc(Cl)c([N+](=O)[O-])c1. The standard InChI is InChI=1S/C19H19Cl3N4O3/c20-15-2-1-3-16(21)14(15)11-24-6-8-25(9-7-24)12-19(27)23-13-4-5-17(22)18(10-13)26(28)29/h1-5,10H,6-9,11-12H2,(H,23,27). The average Bonchev–Trinajstić information content (AvgIpc) is 2.67. The van der Waals surface area contributed by atoms with Crippen LogP contribution in [0.4, 0.5) is 11.4 Å². The molecule has 0 aliphatic carbocycles. The second-order valence-electron chi connectivity index (χ2n) is 6.72. The second-order valence-corrected chi connectivity index (χ2v) is 7.95. The van der Waals surface area contributed by atoms with Crippen molar-refractivity contribution in [2.24, 2.45) is 0 Å². The molecule has 154 valence electrons. The fourth-order valence-electron chi connectivity index (χ4n) is 3.15. The minimum atomic E-state index is -0.581. The highest BCUT2D eigenvalue weighted by atomic mass is 35.5. The number of nitro groups is 1. The van der Waals surface area contributed by atoms with Crippen LogP contribution in [0.3, 0.4) is 0 Å². The molecule has 0 aromatic heterocycles. The molecule has 0 saturated carbocycles. The third-order valence-electron chi connectivity index (χ3n) is 4.70. The fourth-order valence-corrected chi connectivity index (χ4v) is 3.85. The van der Waals surface area contributed by atoms with Gasteiger partial charge in [0, 0.05) is 60.1 Å². The van der Waals surface area contributed by atoms with Crippen molar-refractivity contribution in [1.29, 1.82) is 0 Å². The van der Waals surface area contributed by atoms with Crippen LogP contribution >= 0.6 is 34.8 Å². The number of carbonyl (C=O) groups is 1. The third-order valence-corrected chi connectivity index (χ3v) is 5.73. The van der Waals surface area contributed by atoms with E-state index in [4.69, 9.17) is 34.8 Å². The predicted molar refractivity (Wildman–Crippen MR) is 115 cm³/mol. The van der Waals surface area contributed by atoms with Crippen LogP contribution in [0.15, 0.2) is 36.4 Å². The molecule has 0 bridgehead atoms. The van der Waals surface area contributed by atoms with Crippen molar-refractivity contribution in [3.05, 3.63) is 67.1 Å². The smallest absolute Gasteiger partial charge is 0.289 e. The van der Waals surface area contributed by atoms with E-state index in [0.717, 1.165) is 31.7 Å². The molecule has 7 nitrogen and oxygen atoms in total. The first-order chi connectivity index (χ1) is 13.8. The Balaban J connectivity index is 1.50. The zero-order chi connectivity index (χ0) is 21.0. The van der Waals surface area contributed by atoms with Crippen molar-refractivity contribution >= 4 is 52.1 Å². The van der Waals surface area contributed by atoms with E-state index in [1.54, 1.807) is 6.07 Å². The quantitative estimate of drug-likeness (QED) is 0.516. The summed E-state index contributed by atoms with van der Waals surface area (Å²) in [6.07, 6.45) is 0. The molecule has 1 aliphatic heterocycles. The monoisotopic (exact) mass is 456 g/mol. The largest absolute Gasteiger partial charge is 0.325 e. The van der Waals surface area contributed by atoms with Gasteiger partial charge in [-0.25, -0.2) is 0 Å². The van der Waals surface area contributed by atoms with E-state index in [1.165, 1.54) is 12.1 Å². The summed E-state index contributed by atoms with van der Waals surface area (Å²) in [7, 11) is 0. The second kappa shape index (κ2) is 9.73. The first kappa shape index (κ1) is 21.8. The summed E-state index contributed by atoms with van der Waals surface area (Å²) in [4.78, 5) is 27.0. The molecule has 2 aromatic rings. The number of nitrogens with zero attached hydrogens (tertiary/aromatic N) is 3. The summed E-state index contributed by atoms with van der Waals surface area (Å²) in [5.74, 6) is -0.232. The molecule has 1 aliphatic rings. The molecule has 10 heteroatoms. The maximum absolute atomic E-state index is 12.3. The van der Waals surface area contributed by atoms with Gasteiger partial charge < -0.3 is 5.32 Å². The van der Waals surface area contributed by atoms with E-state index in [-0.39, 0.29) is 23.2 Å². The van der Waals surface area contributed by atoms with Crippen molar-refractivity contribution in [1.82, 2.24) is 9.80 Å². The maximum atomic E-state index is 12.3. The summed E-state index contributed by atoms with van der Waals surface area (Å²) < 4.78 is 0. The minimum absolute atomic E-state index is 0.0303. The molecule has 3 rings (SSSR count). The molecule has 2 aromatic carbocycles. The van der Waals surface area contributed by atoms with E-state index in [1.807, 2.05) is 23.1 Å². The Morgan fingerprint density at radius 2 is 1.62 bits per heavy atom. The van der Waals surface area contributed by atoms with Crippen LogP contribution in [-0.4, -0.2) is 53.4 Å². The number of benzene rings is 2. The Morgan fingerprint density at radius 1 is 1.00 bits per heavy atom. The highest BCUT2D eigenvalue weighted by Gasteiger charge is 2.21. The van der Waals surface area contributed by atoms with E-state index in [2.05, 4.69) is 10.2 Å². The number of halogens is 3. The predicted octanol–water partition coefficient (Wildman–Crippen LogP) is 4.31. The first-order valence-electron chi connectivity index (χ1n) is 8.95. The van der Waals surface area contributed by atoms with Gasteiger partial charge in [-0.1, -0.05) is 40.9 Å². The highest BCUT2D eigenvalue weighted by Crippen LogP contribution is 2.28. The van der Waals surface area contributed by atoms with Crippen LogP contribution in [0.25, 0.3) is 0 Å². The van der Waals surface area contributed by atoms with Crippen molar-refractivity contribution in [3.8, 4) is 0 Å². The average molecular weight is 458 g/mol. The molecule has 0 unspecified atom stereocenters. The van der Waals surface area contributed by atoms with Crippen molar-refractivity contribution in [2.45, 2.75) is 6.54 Å². The van der Waals surface area contributed by atoms with Crippen LogP contribution in [0.2, 0.25) is 15.1 Å². The van der Waals surface area contributed by atoms with Crippen LogP contribution in [0.1, 0.15) is 5.56 Å². The lowest BCUT2D eigenvalue weighted by Gasteiger charge is -2.34. The van der Waals surface area contributed by atoms with Crippen LogP contribution in [0.5, 0.6) is 0 Å². The van der Waals surface area contributed by atoms with Crippen molar-refractivity contribution in [2.75, 3.05) is 38.0 Å². The van der Waals surface area contributed by atoms with E-state index < -0.39 is 4.92 Å². The molecule has 1 heterocycles. The number of hydrogen-bond acceptors (Lipinski definition) is 5. The first-order valence-corrected chi connectivity index (χ1v) is 10.1. The lowest BCUT2D eigenvalue weighted by atomic mass is 10.2. The normalized spacial score (nSPS) is 15.3. The minimum Gasteiger partial charge on any atom is -0.325 e. The zero-order valence-electron chi connectivity index (χ0n) is 15.4. The molecule has 1 N–H and O–H groups in total. The molecule has 0 spiro atoms. The lowest BCUT2D eigenvalue weighted by molar-refractivity contribution is -0.384. The molecule has 1 fully saturated rings. The van der Waals surface area contributed by atoms with E-state index in [0.29, 0.717) is 22.3 Å². The Hall–Kier alpha value is -1.90. The Morgan fingerprint density at radius 3 is 2.24 bits per heavy atom. The summed E-state index contributed by atoms with van der Waals surface area (Å²) in [5.41, 5.74) is 1.01. The summed E-state index contributed by atoms with van der Waals surface area (Å²) in [5, 5.41) is 15.0. The van der Waals surface area contributed by atoms with Gasteiger partial charge in [-0.2, -0.15) is 0 Å². The molecule has 0 atom stereocenters.